The molecule has 1 saturated heterocycles. The Bertz CT molecular complexity index is 270. The second kappa shape index (κ2) is 4.31. The molecule has 0 aromatic heterocycles. The van der Waals surface area contributed by atoms with Gasteiger partial charge in [0.1, 0.15) is 11.7 Å². The number of methoxy groups -OCH3 is 2. The van der Waals surface area contributed by atoms with Gasteiger partial charge in [0.25, 0.3) is 5.97 Å². The highest BCUT2D eigenvalue weighted by Crippen LogP contribution is 2.45. The molecular formula is C11H20O5. The lowest BCUT2D eigenvalue weighted by Gasteiger charge is -2.54. The van der Waals surface area contributed by atoms with Crippen LogP contribution in [0.25, 0.3) is 0 Å². The molecule has 2 unspecified atom stereocenters. The van der Waals surface area contributed by atoms with Gasteiger partial charge >= 0.3 is 5.97 Å². The first-order valence-corrected chi connectivity index (χ1v) is 5.26. The molecule has 0 aliphatic carbocycles. The predicted molar refractivity (Wildman–Crippen MR) is 56.6 cm³/mol. The minimum atomic E-state index is -1.01. The summed E-state index contributed by atoms with van der Waals surface area (Å²) in [6, 6.07) is 0. The van der Waals surface area contributed by atoms with Crippen molar-refractivity contribution in [3.05, 3.63) is 0 Å². The summed E-state index contributed by atoms with van der Waals surface area (Å²) in [5, 5.41) is 0. The van der Waals surface area contributed by atoms with E-state index >= 15 is 0 Å². The Hall–Kier alpha value is -0.650. The third kappa shape index (κ3) is 2.07. The summed E-state index contributed by atoms with van der Waals surface area (Å²) in [4.78, 5) is 11.0. The lowest BCUT2D eigenvalue weighted by atomic mass is 9.83. The number of ether oxygens (including phenoxy) is 4. The topological polar surface area (TPSA) is 54.0 Å². The first kappa shape index (κ1) is 13.4. The van der Waals surface area contributed by atoms with E-state index in [1.165, 1.54) is 21.1 Å². The van der Waals surface area contributed by atoms with Crippen molar-refractivity contribution in [1.29, 1.82) is 0 Å². The van der Waals surface area contributed by atoms with Crippen LogP contribution < -0.4 is 0 Å². The minimum Gasteiger partial charge on any atom is -0.457 e. The maximum absolute atomic E-state index is 11.0. The van der Waals surface area contributed by atoms with E-state index in [1.54, 1.807) is 0 Å². The van der Waals surface area contributed by atoms with Crippen molar-refractivity contribution in [3.8, 4) is 0 Å². The van der Waals surface area contributed by atoms with Crippen molar-refractivity contribution in [2.75, 3.05) is 14.2 Å². The molecule has 1 aliphatic rings. The number of esters is 1. The third-order valence-electron chi connectivity index (χ3n) is 2.96. The second-order valence-corrected chi connectivity index (χ2v) is 4.54. The zero-order chi connectivity index (χ0) is 12.6. The van der Waals surface area contributed by atoms with Gasteiger partial charge in [0.2, 0.25) is 0 Å². The zero-order valence-corrected chi connectivity index (χ0v) is 10.7. The molecule has 5 heteroatoms. The van der Waals surface area contributed by atoms with Gasteiger partial charge in [0.15, 0.2) is 0 Å². The standard InChI is InChI=1S/C11H20O5/c1-7-9(10(3,4)15-8(2)12)16-11(7,13-5)14-6/h7,9H,1-6H3. The fraction of sp³-hybridized carbons (Fsp3) is 0.909. The Morgan fingerprint density at radius 1 is 1.31 bits per heavy atom. The number of hydrogen-bond donors (Lipinski definition) is 0. The summed E-state index contributed by atoms with van der Waals surface area (Å²) in [5.74, 6) is -1.35. The predicted octanol–water partition coefficient (Wildman–Crippen LogP) is 1.31. The molecule has 0 aromatic rings. The van der Waals surface area contributed by atoms with Crippen LogP contribution in [0.5, 0.6) is 0 Å². The molecule has 1 fully saturated rings. The second-order valence-electron chi connectivity index (χ2n) is 4.54. The summed E-state index contributed by atoms with van der Waals surface area (Å²) in [7, 11) is 3.05. The molecule has 1 aliphatic heterocycles. The highest BCUT2D eigenvalue weighted by Gasteiger charge is 2.61. The number of carbonyl (C=O) groups is 1. The molecule has 16 heavy (non-hydrogen) atoms. The molecule has 0 radical (unpaired) electrons. The molecule has 0 aromatic carbocycles. The summed E-state index contributed by atoms with van der Waals surface area (Å²) >= 11 is 0. The lowest BCUT2D eigenvalue weighted by molar-refractivity contribution is -0.491. The number of rotatable bonds is 4. The van der Waals surface area contributed by atoms with Crippen molar-refractivity contribution >= 4 is 5.97 Å². The Morgan fingerprint density at radius 3 is 2.12 bits per heavy atom. The SMILES string of the molecule is COC1(OC)OC(C(C)(C)OC(C)=O)C1C. The monoisotopic (exact) mass is 232 g/mol. The summed E-state index contributed by atoms with van der Waals surface area (Å²) in [6.45, 7) is 6.94. The Kier molecular flexibility index (Phi) is 3.62. The molecule has 1 heterocycles. The zero-order valence-electron chi connectivity index (χ0n) is 10.7. The van der Waals surface area contributed by atoms with Crippen LogP contribution >= 0.6 is 0 Å². The molecular weight excluding hydrogens is 212 g/mol. The summed E-state index contributed by atoms with van der Waals surface area (Å²) < 4.78 is 21.2. The van der Waals surface area contributed by atoms with Gasteiger partial charge in [-0.1, -0.05) is 6.92 Å². The highest BCUT2D eigenvalue weighted by atomic mass is 16.9. The van der Waals surface area contributed by atoms with Crippen molar-refractivity contribution in [2.45, 2.75) is 45.4 Å². The molecule has 0 saturated carbocycles. The molecule has 0 bridgehead atoms. The van der Waals surface area contributed by atoms with E-state index in [9.17, 15) is 4.79 Å². The fourth-order valence-corrected chi connectivity index (χ4v) is 2.22. The first-order valence-electron chi connectivity index (χ1n) is 5.26. The maximum Gasteiger partial charge on any atom is 0.303 e. The van der Waals surface area contributed by atoms with Crippen LogP contribution in [0.3, 0.4) is 0 Å². The van der Waals surface area contributed by atoms with Crippen molar-refractivity contribution in [3.63, 3.8) is 0 Å². The highest BCUT2D eigenvalue weighted by molar-refractivity contribution is 5.66. The average molecular weight is 232 g/mol. The summed E-state index contributed by atoms with van der Waals surface area (Å²) in [5.41, 5.74) is -0.689. The molecule has 0 N–H and O–H groups in total. The van der Waals surface area contributed by atoms with Crippen LogP contribution in [-0.4, -0.2) is 37.9 Å². The van der Waals surface area contributed by atoms with Gasteiger partial charge in [0.05, 0.1) is 5.92 Å². The maximum atomic E-state index is 11.0. The van der Waals surface area contributed by atoms with Crippen LogP contribution in [0.15, 0.2) is 0 Å². The van der Waals surface area contributed by atoms with Gasteiger partial charge in [-0.15, -0.1) is 0 Å². The van der Waals surface area contributed by atoms with E-state index in [0.717, 1.165) is 0 Å². The van der Waals surface area contributed by atoms with E-state index in [2.05, 4.69) is 0 Å². The molecule has 0 amide bonds. The van der Waals surface area contributed by atoms with E-state index < -0.39 is 11.6 Å². The molecule has 94 valence electrons. The van der Waals surface area contributed by atoms with E-state index in [0.29, 0.717) is 0 Å². The number of hydrogen-bond acceptors (Lipinski definition) is 5. The number of carbonyl (C=O) groups excluding carboxylic acids is 1. The third-order valence-corrected chi connectivity index (χ3v) is 2.96. The quantitative estimate of drug-likeness (QED) is 0.540. The van der Waals surface area contributed by atoms with Crippen molar-refractivity contribution < 1.29 is 23.7 Å². The Morgan fingerprint density at radius 2 is 1.81 bits per heavy atom. The van der Waals surface area contributed by atoms with E-state index in [-0.39, 0.29) is 18.0 Å². The average Bonchev–Trinajstić information content (AvgIpc) is 2.15. The van der Waals surface area contributed by atoms with Crippen molar-refractivity contribution in [1.82, 2.24) is 0 Å². The van der Waals surface area contributed by atoms with Gasteiger partial charge in [-0.25, -0.2) is 0 Å². The first-order chi connectivity index (χ1) is 7.29. The summed E-state index contributed by atoms with van der Waals surface area (Å²) in [6.07, 6.45) is -0.240. The van der Waals surface area contributed by atoms with Crippen LogP contribution in [0, 0.1) is 5.92 Å². The van der Waals surface area contributed by atoms with Gasteiger partial charge in [0, 0.05) is 21.1 Å². The van der Waals surface area contributed by atoms with Gasteiger partial charge in [-0.2, -0.15) is 0 Å². The molecule has 5 nitrogen and oxygen atoms in total. The van der Waals surface area contributed by atoms with Crippen LogP contribution in [0.4, 0.5) is 0 Å². The van der Waals surface area contributed by atoms with Gasteiger partial charge < -0.3 is 18.9 Å². The van der Waals surface area contributed by atoms with E-state index in [1.807, 2.05) is 20.8 Å². The van der Waals surface area contributed by atoms with Gasteiger partial charge in [-0.05, 0) is 13.8 Å². The van der Waals surface area contributed by atoms with Crippen LogP contribution in [0.1, 0.15) is 27.7 Å². The van der Waals surface area contributed by atoms with Crippen LogP contribution in [-0.2, 0) is 23.7 Å². The fourth-order valence-electron chi connectivity index (χ4n) is 2.22. The normalized spacial score (nSPS) is 28.4. The molecule has 0 spiro atoms. The van der Waals surface area contributed by atoms with Crippen LogP contribution in [0.2, 0.25) is 0 Å². The molecule has 1 rings (SSSR count). The van der Waals surface area contributed by atoms with Gasteiger partial charge in [-0.3, -0.25) is 4.79 Å². The Labute approximate surface area is 96.0 Å². The van der Waals surface area contributed by atoms with E-state index in [4.69, 9.17) is 18.9 Å². The lowest BCUT2D eigenvalue weighted by Crippen LogP contribution is -2.68. The minimum absolute atomic E-state index is 0.0168. The van der Waals surface area contributed by atoms with Crippen molar-refractivity contribution in [2.24, 2.45) is 5.92 Å². The Balaban J connectivity index is 2.70. The largest absolute Gasteiger partial charge is 0.457 e. The smallest absolute Gasteiger partial charge is 0.303 e. The molecule has 2 atom stereocenters.